The summed E-state index contributed by atoms with van der Waals surface area (Å²) in [5.74, 6) is -4.05. The van der Waals surface area contributed by atoms with E-state index in [4.69, 9.17) is 22.3 Å². The Morgan fingerprint density at radius 2 is 2.00 bits per heavy atom. The van der Waals surface area contributed by atoms with Gasteiger partial charge >= 0.3 is 0 Å². The van der Waals surface area contributed by atoms with Crippen molar-refractivity contribution in [3.05, 3.63) is 28.3 Å². The number of rotatable bonds is 4. The zero-order valence-corrected chi connectivity index (χ0v) is 12.0. The van der Waals surface area contributed by atoms with Crippen LogP contribution in [-0.2, 0) is 9.05 Å². The first-order chi connectivity index (χ1) is 8.70. The van der Waals surface area contributed by atoms with Crippen LogP contribution in [0.4, 0.5) is 8.78 Å². The molecule has 0 bridgehead atoms. The molecule has 1 N–H and O–H groups in total. The Labute approximate surface area is 118 Å². The van der Waals surface area contributed by atoms with E-state index in [-0.39, 0.29) is 6.54 Å². The molecule has 106 valence electrons. The summed E-state index contributed by atoms with van der Waals surface area (Å²) >= 11 is 5.61. The van der Waals surface area contributed by atoms with Gasteiger partial charge in [0.1, 0.15) is 4.90 Å². The highest BCUT2D eigenvalue weighted by molar-refractivity contribution is 8.13. The van der Waals surface area contributed by atoms with Crippen LogP contribution in [-0.4, -0.2) is 20.9 Å². The van der Waals surface area contributed by atoms with E-state index >= 15 is 0 Å². The number of halogens is 4. The van der Waals surface area contributed by atoms with Gasteiger partial charge in [0.15, 0.2) is 11.6 Å². The first-order valence-corrected chi connectivity index (χ1v) is 7.79. The second-order valence-corrected chi connectivity index (χ2v) is 6.44. The lowest BCUT2D eigenvalue weighted by Gasteiger charge is -2.09. The van der Waals surface area contributed by atoms with Gasteiger partial charge in [0.25, 0.3) is 15.0 Å². The summed E-state index contributed by atoms with van der Waals surface area (Å²) in [6, 6.07) is 0.522. The van der Waals surface area contributed by atoms with Crippen molar-refractivity contribution in [3.63, 3.8) is 0 Å². The molecule has 0 heterocycles. The van der Waals surface area contributed by atoms with Crippen molar-refractivity contribution in [2.24, 2.45) is 0 Å². The molecule has 0 radical (unpaired) electrons. The van der Waals surface area contributed by atoms with Gasteiger partial charge < -0.3 is 5.32 Å². The summed E-state index contributed by atoms with van der Waals surface area (Å²) in [6.07, 6.45) is 0.605. The number of hydrogen-bond donors (Lipinski definition) is 1. The normalized spacial score (nSPS) is 11.4. The molecule has 0 fully saturated rings. The van der Waals surface area contributed by atoms with Gasteiger partial charge in [-0.3, -0.25) is 4.79 Å². The summed E-state index contributed by atoms with van der Waals surface area (Å²) in [6.45, 7) is 2.05. The second-order valence-electron chi connectivity index (χ2n) is 3.56. The summed E-state index contributed by atoms with van der Waals surface area (Å²) < 4.78 is 49.0. The summed E-state index contributed by atoms with van der Waals surface area (Å²) in [5, 5.41) is 1.62. The lowest BCUT2D eigenvalue weighted by Crippen LogP contribution is -2.25. The SMILES string of the molecule is CCCNC(=O)c1cc(F)c(F)c(S(=O)(=O)Cl)c1Cl. The Kier molecular flexibility index (Phi) is 5.11. The number of nitrogens with one attached hydrogen (secondary N) is 1. The van der Waals surface area contributed by atoms with E-state index in [2.05, 4.69) is 5.32 Å². The topological polar surface area (TPSA) is 63.2 Å². The van der Waals surface area contributed by atoms with E-state index in [1.807, 2.05) is 0 Å². The maximum Gasteiger partial charge on any atom is 0.265 e. The molecule has 0 atom stereocenters. The van der Waals surface area contributed by atoms with Crippen LogP contribution >= 0.6 is 22.3 Å². The Balaban J connectivity index is 3.45. The lowest BCUT2D eigenvalue weighted by molar-refractivity contribution is 0.0953. The number of amides is 1. The van der Waals surface area contributed by atoms with Gasteiger partial charge in [-0.2, -0.15) is 0 Å². The van der Waals surface area contributed by atoms with E-state index in [1.165, 1.54) is 0 Å². The van der Waals surface area contributed by atoms with Gasteiger partial charge in [-0.15, -0.1) is 0 Å². The molecule has 1 amide bonds. The average Bonchev–Trinajstić information content (AvgIpc) is 2.29. The van der Waals surface area contributed by atoms with Crippen molar-refractivity contribution in [1.82, 2.24) is 5.32 Å². The molecule has 0 saturated carbocycles. The van der Waals surface area contributed by atoms with Crippen molar-refractivity contribution in [3.8, 4) is 0 Å². The minimum absolute atomic E-state index is 0.275. The molecule has 0 aromatic heterocycles. The molecule has 0 unspecified atom stereocenters. The molecule has 1 aromatic carbocycles. The van der Waals surface area contributed by atoms with Gasteiger partial charge in [-0.1, -0.05) is 18.5 Å². The van der Waals surface area contributed by atoms with Crippen molar-refractivity contribution in [1.29, 1.82) is 0 Å². The fraction of sp³-hybridized carbons (Fsp3) is 0.300. The number of hydrogen-bond acceptors (Lipinski definition) is 3. The molecule has 0 saturated heterocycles. The Bertz CT molecular complexity index is 620. The molecular weight excluding hydrogens is 323 g/mol. The summed E-state index contributed by atoms with van der Waals surface area (Å²) in [7, 11) is 0.354. The van der Waals surface area contributed by atoms with E-state index < -0.39 is 42.1 Å². The minimum Gasteiger partial charge on any atom is -0.352 e. The van der Waals surface area contributed by atoms with Crippen LogP contribution in [0.1, 0.15) is 23.7 Å². The largest absolute Gasteiger partial charge is 0.352 e. The van der Waals surface area contributed by atoms with Gasteiger partial charge in [0.05, 0.1) is 10.6 Å². The lowest BCUT2D eigenvalue weighted by atomic mass is 10.2. The molecule has 1 aromatic rings. The monoisotopic (exact) mass is 331 g/mol. The molecule has 1 rings (SSSR count). The highest BCUT2D eigenvalue weighted by Crippen LogP contribution is 2.32. The van der Waals surface area contributed by atoms with E-state index in [1.54, 1.807) is 6.92 Å². The van der Waals surface area contributed by atoms with Crippen molar-refractivity contribution < 1.29 is 22.0 Å². The van der Waals surface area contributed by atoms with Gasteiger partial charge in [0, 0.05) is 17.2 Å². The number of carbonyl (C=O) groups excluding carboxylic acids is 1. The third kappa shape index (κ3) is 3.55. The van der Waals surface area contributed by atoms with Crippen LogP contribution in [0, 0.1) is 11.6 Å². The number of carbonyl (C=O) groups is 1. The molecule has 0 aliphatic carbocycles. The van der Waals surface area contributed by atoms with Crippen LogP contribution < -0.4 is 5.32 Å². The van der Waals surface area contributed by atoms with E-state index in [0.717, 1.165) is 0 Å². The maximum atomic E-state index is 13.4. The van der Waals surface area contributed by atoms with Crippen molar-refractivity contribution >= 4 is 37.2 Å². The predicted molar refractivity (Wildman–Crippen MR) is 67.0 cm³/mol. The van der Waals surface area contributed by atoms with Crippen LogP contribution in [0.3, 0.4) is 0 Å². The van der Waals surface area contributed by atoms with Crippen LogP contribution in [0.25, 0.3) is 0 Å². The fourth-order valence-electron chi connectivity index (χ4n) is 1.29. The number of benzene rings is 1. The summed E-state index contributed by atoms with van der Waals surface area (Å²) in [5.41, 5.74) is -0.492. The predicted octanol–water partition coefficient (Wildman–Crippen LogP) is 2.69. The Morgan fingerprint density at radius 3 is 2.47 bits per heavy atom. The Hall–Kier alpha value is -0.920. The zero-order valence-electron chi connectivity index (χ0n) is 9.64. The summed E-state index contributed by atoms with van der Waals surface area (Å²) in [4.78, 5) is 10.4. The molecule has 19 heavy (non-hydrogen) atoms. The smallest absolute Gasteiger partial charge is 0.265 e. The molecule has 4 nitrogen and oxygen atoms in total. The average molecular weight is 332 g/mol. The zero-order chi connectivity index (χ0) is 14.8. The van der Waals surface area contributed by atoms with Crippen LogP contribution in [0.2, 0.25) is 5.02 Å². The molecule has 0 aliphatic heterocycles. The third-order valence-corrected chi connectivity index (χ3v) is 3.98. The van der Waals surface area contributed by atoms with Crippen molar-refractivity contribution in [2.75, 3.05) is 6.54 Å². The van der Waals surface area contributed by atoms with Crippen LogP contribution in [0.15, 0.2) is 11.0 Å². The van der Waals surface area contributed by atoms with Gasteiger partial charge in [-0.25, -0.2) is 17.2 Å². The molecule has 9 heteroatoms. The highest BCUT2D eigenvalue weighted by atomic mass is 35.7. The van der Waals surface area contributed by atoms with Crippen LogP contribution in [0.5, 0.6) is 0 Å². The highest BCUT2D eigenvalue weighted by Gasteiger charge is 2.28. The van der Waals surface area contributed by atoms with Gasteiger partial charge in [0.2, 0.25) is 0 Å². The van der Waals surface area contributed by atoms with E-state index in [9.17, 15) is 22.0 Å². The Morgan fingerprint density at radius 1 is 1.42 bits per heavy atom. The van der Waals surface area contributed by atoms with Crippen molar-refractivity contribution in [2.45, 2.75) is 18.2 Å². The molecule has 0 spiro atoms. The molecule has 0 aliphatic rings. The maximum absolute atomic E-state index is 13.4. The first kappa shape index (κ1) is 16.1. The second kappa shape index (κ2) is 6.02. The first-order valence-electron chi connectivity index (χ1n) is 5.10. The third-order valence-electron chi connectivity index (χ3n) is 2.14. The quantitative estimate of drug-likeness (QED) is 0.681. The molecular formula is C10H9Cl2F2NO3S. The standard InChI is InChI=1S/C10H9Cl2F2NO3S/c1-2-3-15-10(16)5-4-6(13)8(14)9(7(5)11)19(12,17)18/h4H,2-3H2,1H3,(H,15,16). The van der Waals surface area contributed by atoms with Gasteiger partial charge in [-0.05, 0) is 12.5 Å². The van der Waals surface area contributed by atoms with E-state index in [0.29, 0.717) is 12.5 Å². The minimum atomic E-state index is -4.62. The fourth-order valence-corrected chi connectivity index (χ4v) is 3.01.